The summed E-state index contributed by atoms with van der Waals surface area (Å²) in [6.45, 7) is 2.73. The molecule has 0 bridgehead atoms. The molecule has 1 fully saturated rings. The lowest BCUT2D eigenvalue weighted by atomic mass is 10.0. The molecule has 7 heteroatoms. The SMILES string of the molecule is COC(=O)c1cn(C[C@@H](c2ccccc2)N2CCCC2)cc2c(=O)[nH]nc1-2. The molecule has 0 radical (unpaired) electrons. The van der Waals surface area contributed by atoms with Gasteiger partial charge in [0.15, 0.2) is 0 Å². The molecule has 1 aromatic carbocycles. The second kappa shape index (κ2) is 7.36. The van der Waals surface area contributed by atoms with Gasteiger partial charge >= 0.3 is 5.97 Å². The predicted molar refractivity (Wildman–Crippen MR) is 101 cm³/mol. The van der Waals surface area contributed by atoms with Crippen molar-refractivity contribution in [2.45, 2.75) is 25.4 Å². The zero-order chi connectivity index (χ0) is 18.8. The molecule has 1 atom stereocenters. The molecule has 0 aliphatic carbocycles. The number of aromatic amines is 1. The molecule has 3 aliphatic rings. The van der Waals surface area contributed by atoms with Crippen molar-refractivity contribution in [1.29, 1.82) is 0 Å². The Hall–Kier alpha value is -2.93. The van der Waals surface area contributed by atoms with Gasteiger partial charge in [0.05, 0.1) is 18.7 Å². The van der Waals surface area contributed by atoms with Crippen LogP contribution in [0.5, 0.6) is 0 Å². The number of esters is 1. The van der Waals surface area contributed by atoms with E-state index in [1.54, 1.807) is 12.4 Å². The summed E-state index contributed by atoms with van der Waals surface area (Å²) in [7, 11) is 1.33. The molecule has 3 heterocycles. The minimum absolute atomic E-state index is 0.170. The molecule has 1 N–H and O–H groups in total. The second-order valence-corrected chi connectivity index (χ2v) is 6.84. The second-order valence-electron chi connectivity index (χ2n) is 6.84. The molecule has 27 heavy (non-hydrogen) atoms. The number of H-pyrrole nitrogens is 1. The van der Waals surface area contributed by atoms with Crippen molar-refractivity contribution < 1.29 is 9.53 Å². The summed E-state index contributed by atoms with van der Waals surface area (Å²) in [6, 6.07) is 10.5. The first-order chi connectivity index (χ1) is 13.2. The Morgan fingerprint density at radius 3 is 2.67 bits per heavy atom. The van der Waals surface area contributed by atoms with Crippen LogP contribution in [-0.4, -0.2) is 45.8 Å². The van der Waals surface area contributed by atoms with E-state index >= 15 is 0 Å². The first-order valence-corrected chi connectivity index (χ1v) is 9.13. The lowest BCUT2D eigenvalue weighted by Gasteiger charge is -2.29. The number of pyridine rings is 1. The van der Waals surface area contributed by atoms with E-state index in [1.807, 2.05) is 22.8 Å². The number of methoxy groups -OCH3 is 1. The minimum atomic E-state index is -0.502. The van der Waals surface area contributed by atoms with Crippen LogP contribution in [-0.2, 0) is 11.3 Å². The van der Waals surface area contributed by atoms with Crippen molar-refractivity contribution in [3.63, 3.8) is 0 Å². The van der Waals surface area contributed by atoms with E-state index in [2.05, 4.69) is 27.2 Å². The number of hydrogen-bond donors (Lipinski definition) is 1. The highest BCUT2D eigenvalue weighted by molar-refractivity contribution is 5.95. The maximum atomic E-state index is 12.2. The molecule has 0 aromatic heterocycles. The Morgan fingerprint density at radius 2 is 1.96 bits per heavy atom. The highest BCUT2D eigenvalue weighted by Gasteiger charge is 2.26. The van der Waals surface area contributed by atoms with Crippen LogP contribution in [0.25, 0.3) is 11.3 Å². The maximum Gasteiger partial charge on any atom is 0.341 e. The van der Waals surface area contributed by atoms with Gasteiger partial charge in [0.1, 0.15) is 11.3 Å². The van der Waals surface area contributed by atoms with Gasteiger partial charge in [0.2, 0.25) is 0 Å². The number of benzene rings is 1. The third-order valence-corrected chi connectivity index (χ3v) is 5.17. The largest absolute Gasteiger partial charge is 0.465 e. The van der Waals surface area contributed by atoms with Crippen LogP contribution in [0.15, 0.2) is 47.5 Å². The van der Waals surface area contributed by atoms with Gasteiger partial charge in [-0.05, 0) is 31.5 Å². The van der Waals surface area contributed by atoms with E-state index < -0.39 is 5.97 Å². The normalized spacial score (nSPS) is 15.9. The molecule has 7 nitrogen and oxygen atoms in total. The number of hydrogen-bond acceptors (Lipinski definition) is 5. The van der Waals surface area contributed by atoms with Gasteiger partial charge in [-0.15, -0.1) is 0 Å². The summed E-state index contributed by atoms with van der Waals surface area (Å²) in [5.74, 6) is -0.502. The van der Waals surface area contributed by atoms with E-state index in [4.69, 9.17) is 4.74 Å². The molecule has 0 saturated carbocycles. The van der Waals surface area contributed by atoms with Crippen LogP contribution in [0.4, 0.5) is 0 Å². The molecule has 0 spiro atoms. The summed E-state index contributed by atoms with van der Waals surface area (Å²) < 4.78 is 6.78. The topological polar surface area (TPSA) is 80.2 Å². The summed E-state index contributed by atoms with van der Waals surface area (Å²) in [4.78, 5) is 26.8. The third-order valence-electron chi connectivity index (χ3n) is 5.17. The first kappa shape index (κ1) is 17.5. The van der Waals surface area contributed by atoms with Crippen molar-refractivity contribution in [1.82, 2.24) is 19.7 Å². The van der Waals surface area contributed by atoms with Crippen molar-refractivity contribution >= 4 is 5.97 Å². The van der Waals surface area contributed by atoms with Crippen LogP contribution in [0.3, 0.4) is 0 Å². The Morgan fingerprint density at radius 1 is 1.22 bits per heavy atom. The number of likely N-dealkylation sites (tertiary alicyclic amines) is 1. The highest BCUT2D eigenvalue weighted by atomic mass is 16.5. The summed E-state index contributed by atoms with van der Waals surface area (Å²) >= 11 is 0. The lowest BCUT2D eigenvalue weighted by Crippen LogP contribution is -2.29. The fourth-order valence-corrected chi connectivity index (χ4v) is 3.81. The van der Waals surface area contributed by atoms with Gasteiger partial charge in [-0.3, -0.25) is 9.69 Å². The molecule has 3 aliphatic heterocycles. The lowest BCUT2D eigenvalue weighted by molar-refractivity contribution is 0.0600. The standard InChI is InChI=1S/C20H22N4O3/c1-27-20(26)16-12-23(11-15-18(16)21-22-19(15)25)13-17(24-9-5-6-10-24)14-7-3-2-4-8-14/h2-4,7-8,11-12,17H,5-6,9-10,13H2,1H3,(H,22,25)/t17-/m0/s1. The zero-order valence-electron chi connectivity index (χ0n) is 15.2. The number of nitrogens with zero attached hydrogens (tertiary/aromatic N) is 3. The molecular weight excluding hydrogens is 344 g/mol. The van der Waals surface area contributed by atoms with E-state index in [0.29, 0.717) is 23.4 Å². The smallest absolute Gasteiger partial charge is 0.341 e. The van der Waals surface area contributed by atoms with Crippen molar-refractivity contribution in [3.05, 3.63) is 64.2 Å². The monoisotopic (exact) mass is 366 g/mol. The summed E-state index contributed by atoms with van der Waals surface area (Å²) in [5.41, 5.74) is 1.95. The van der Waals surface area contributed by atoms with Gasteiger partial charge in [0, 0.05) is 18.9 Å². The average molecular weight is 366 g/mol. The molecule has 140 valence electrons. The van der Waals surface area contributed by atoms with Gasteiger partial charge in [-0.25, -0.2) is 9.89 Å². The summed E-state index contributed by atoms with van der Waals surface area (Å²) in [6.07, 6.45) is 5.86. The van der Waals surface area contributed by atoms with Gasteiger partial charge in [-0.1, -0.05) is 30.3 Å². The molecule has 1 saturated heterocycles. The van der Waals surface area contributed by atoms with Crippen LogP contribution >= 0.6 is 0 Å². The first-order valence-electron chi connectivity index (χ1n) is 9.13. The maximum absolute atomic E-state index is 12.2. The van der Waals surface area contributed by atoms with Gasteiger partial charge in [0.25, 0.3) is 5.56 Å². The number of carbonyl (C=O) groups is 1. The van der Waals surface area contributed by atoms with Gasteiger partial charge < -0.3 is 9.30 Å². The Kier molecular flexibility index (Phi) is 4.77. The van der Waals surface area contributed by atoms with Crippen molar-refractivity contribution in [2.24, 2.45) is 0 Å². The van der Waals surface area contributed by atoms with Crippen molar-refractivity contribution in [3.8, 4) is 11.3 Å². The fraction of sp³-hybridized carbons (Fsp3) is 0.350. The van der Waals surface area contributed by atoms with Crippen LogP contribution in [0, 0.1) is 0 Å². The Bertz CT molecular complexity index is 957. The molecule has 4 rings (SSSR count). The molecule has 0 unspecified atom stereocenters. The number of fused-ring (bicyclic) bond motifs is 1. The number of carbonyl (C=O) groups excluding carboxylic acids is 1. The van der Waals surface area contributed by atoms with Crippen LogP contribution < -0.4 is 5.56 Å². The van der Waals surface area contributed by atoms with E-state index in [9.17, 15) is 9.59 Å². The predicted octanol–water partition coefficient (Wildman–Crippen LogP) is 2.30. The molecular formula is C20H22N4O3. The number of nitrogens with one attached hydrogen (secondary N) is 1. The highest BCUT2D eigenvalue weighted by Crippen LogP contribution is 2.28. The summed E-state index contributed by atoms with van der Waals surface area (Å²) in [5, 5.41) is 6.41. The van der Waals surface area contributed by atoms with E-state index in [0.717, 1.165) is 13.1 Å². The fourth-order valence-electron chi connectivity index (χ4n) is 3.81. The quantitative estimate of drug-likeness (QED) is 0.701. The Balaban J connectivity index is 1.76. The van der Waals surface area contributed by atoms with Crippen LogP contribution in [0.1, 0.15) is 34.8 Å². The average Bonchev–Trinajstić information content (AvgIpc) is 3.36. The number of rotatable bonds is 5. The number of aromatic nitrogens is 3. The molecule has 1 aromatic rings. The number of ether oxygens (including phenoxy) is 1. The minimum Gasteiger partial charge on any atom is -0.465 e. The van der Waals surface area contributed by atoms with Crippen molar-refractivity contribution in [2.75, 3.05) is 20.2 Å². The third kappa shape index (κ3) is 3.38. The van der Waals surface area contributed by atoms with Crippen LogP contribution in [0.2, 0.25) is 0 Å². The van der Waals surface area contributed by atoms with E-state index in [1.165, 1.54) is 25.5 Å². The molecule has 0 amide bonds. The zero-order valence-corrected chi connectivity index (χ0v) is 15.2. The van der Waals surface area contributed by atoms with Gasteiger partial charge in [-0.2, -0.15) is 5.10 Å². The van der Waals surface area contributed by atoms with E-state index in [-0.39, 0.29) is 11.6 Å². The Labute approximate surface area is 156 Å².